The smallest absolute Gasteiger partial charge is 0.354 e. The van der Waals surface area contributed by atoms with Crippen molar-refractivity contribution in [2.75, 3.05) is 6.61 Å². The summed E-state index contributed by atoms with van der Waals surface area (Å²) < 4.78 is 5.77. The van der Waals surface area contributed by atoms with Crippen LogP contribution in [0, 0.1) is 0 Å². The number of ketones is 1. The molecule has 0 saturated heterocycles. The Labute approximate surface area is 96.2 Å². The Morgan fingerprint density at radius 2 is 2.19 bits per heavy atom. The first-order valence-corrected chi connectivity index (χ1v) is 5.74. The van der Waals surface area contributed by atoms with E-state index in [9.17, 15) is 9.59 Å². The van der Waals surface area contributed by atoms with E-state index in [0.29, 0.717) is 17.2 Å². The average molecular weight is 237 g/mol. The van der Waals surface area contributed by atoms with Crippen LogP contribution in [0.1, 0.15) is 34.0 Å². The molecule has 2 aromatic heterocycles. The molecule has 84 valence electrons. The molecule has 4 nitrogen and oxygen atoms in total. The van der Waals surface area contributed by atoms with Crippen LogP contribution in [0.5, 0.6) is 0 Å². The molecule has 2 aromatic rings. The second-order valence-electron chi connectivity index (χ2n) is 3.35. The van der Waals surface area contributed by atoms with Crippen LogP contribution in [0.2, 0.25) is 0 Å². The Balaban J connectivity index is 2.35. The largest absolute Gasteiger partial charge is 0.461 e. The van der Waals surface area contributed by atoms with E-state index >= 15 is 0 Å². The summed E-state index contributed by atoms with van der Waals surface area (Å²) in [7, 11) is 0. The van der Waals surface area contributed by atoms with Gasteiger partial charge >= 0.3 is 5.97 Å². The monoisotopic (exact) mass is 237 g/mol. The van der Waals surface area contributed by atoms with Crippen molar-refractivity contribution in [2.24, 2.45) is 0 Å². The van der Waals surface area contributed by atoms with E-state index < -0.39 is 0 Å². The van der Waals surface area contributed by atoms with Crippen molar-refractivity contribution in [1.82, 2.24) is 4.98 Å². The first-order chi connectivity index (χ1) is 7.61. The zero-order valence-corrected chi connectivity index (χ0v) is 9.81. The Morgan fingerprint density at radius 1 is 1.44 bits per heavy atom. The molecular formula is C11H11NO3S. The first-order valence-electron chi connectivity index (χ1n) is 4.92. The third-order valence-electron chi connectivity index (χ3n) is 2.15. The van der Waals surface area contributed by atoms with E-state index in [1.165, 1.54) is 18.3 Å². The van der Waals surface area contributed by atoms with Crippen LogP contribution in [0.3, 0.4) is 0 Å². The van der Waals surface area contributed by atoms with Crippen molar-refractivity contribution in [2.45, 2.75) is 13.8 Å². The maximum atomic E-state index is 11.4. The SMILES string of the molecule is CCOC(=O)c1cc2sc(C(C)=O)cc2[nH]1. The Hall–Kier alpha value is -1.62. The van der Waals surface area contributed by atoms with Gasteiger partial charge in [0.25, 0.3) is 0 Å². The second kappa shape index (κ2) is 4.09. The topological polar surface area (TPSA) is 59.2 Å². The predicted molar refractivity (Wildman–Crippen MR) is 62.1 cm³/mol. The molecule has 0 aliphatic carbocycles. The standard InChI is InChI=1S/C11H11NO3S/c1-3-15-11(14)8-5-10-7(12-8)4-9(16-10)6(2)13/h4-5,12H,3H2,1-2H3. The Kier molecular flexibility index (Phi) is 2.78. The van der Waals surface area contributed by atoms with Gasteiger partial charge in [0.05, 0.1) is 21.7 Å². The van der Waals surface area contributed by atoms with Gasteiger partial charge in [0, 0.05) is 0 Å². The zero-order chi connectivity index (χ0) is 11.7. The molecule has 2 heterocycles. The molecule has 0 saturated carbocycles. The van der Waals surface area contributed by atoms with Gasteiger partial charge in [0.2, 0.25) is 0 Å². The summed E-state index contributed by atoms with van der Waals surface area (Å²) in [5.74, 6) is -0.331. The number of carbonyl (C=O) groups excluding carboxylic acids is 2. The Morgan fingerprint density at radius 3 is 2.75 bits per heavy atom. The van der Waals surface area contributed by atoms with Gasteiger partial charge in [-0.05, 0) is 26.0 Å². The third-order valence-corrected chi connectivity index (χ3v) is 3.33. The molecule has 16 heavy (non-hydrogen) atoms. The van der Waals surface area contributed by atoms with E-state index in [-0.39, 0.29) is 11.8 Å². The fourth-order valence-electron chi connectivity index (χ4n) is 1.41. The van der Waals surface area contributed by atoms with Crippen LogP contribution in [-0.2, 0) is 4.74 Å². The van der Waals surface area contributed by atoms with Gasteiger partial charge in [-0.25, -0.2) is 4.79 Å². The first kappa shape index (κ1) is 10.9. The van der Waals surface area contributed by atoms with Crippen LogP contribution in [-0.4, -0.2) is 23.3 Å². The van der Waals surface area contributed by atoms with Crippen LogP contribution in [0.15, 0.2) is 12.1 Å². The zero-order valence-electron chi connectivity index (χ0n) is 8.99. The lowest BCUT2D eigenvalue weighted by atomic mass is 10.3. The molecule has 0 atom stereocenters. The highest BCUT2D eigenvalue weighted by Gasteiger charge is 2.13. The van der Waals surface area contributed by atoms with Gasteiger partial charge in [-0.2, -0.15) is 0 Å². The molecule has 0 amide bonds. The predicted octanol–water partition coefficient (Wildman–Crippen LogP) is 2.61. The number of hydrogen-bond donors (Lipinski definition) is 1. The molecule has 2 rings (SSSR count). The van der Waals surface area contributed by atoms with Crippen LogP contribution in [0.25, 0.3) is 10.2 Å². The van der Waals surface area contributed by atoms with Crippen molar-refractivity contribution >= 4 is 33.3 Å². The van der Waals surface area contributed by atoms with Crippen molar-refractivity contribution in [3.05, 3.63) is 22.7 Å². The van der Waals surface area contributed by atoms with E-state index in [4.69, 9.17) is 4.74 Å². The average Bonchev–Trinajstić information content (AvgIpc) is 2.73. The lowest BCUT2D eigenvalue weighted by Crippen LogP contribution is -2.04. The summed E-state index contributed by atoms with van der Waals surface area (Å²) in [6.45, 7) is 3.64. The summed E-state index contributed by atoms with van der Waals surface area (Å²) >= 11 is 1.37. The van der Waals surface area contributed by atoms with Gasteiger partial charge in [-0.3, -0.25) is 4.79 Å². The molecule has 0 aliphatic heterocycles. The molecule has 5 heteroatoms. The minimum absolute atomic E-state index is 0.0345. The summed E-state index contributed by atoms with van der Waals surface area (Å²) in [6, 6.07) is 3.47. The van der Waals surface area contributed by atoms with Crippen molar-refractivity contribution in [3.8, 4) is 0 Å². The number of esters is 1. The van der Waals surface area contributed by atoms with Gasteiger partial charge in [-0.15, -0.1) is 11.3 Å². The minimum atomic E-state index is -0.365. The number of nitrogens with one attached hydrogen (secondary N) is 1. The van der Waals surface area contributed by atoms with Crippen LogP contribution in [0.4, 0.5) is 0 Å². The normalized spacial score (nSPS) is 10.6. The second-order valence-corrected chi connectivity index (χ2v) is 4.43. The number of fused-ring (bicyclic) bond motifs is 1. The molecule has 0 fully saturated rings. The molecule has 0 spiro atoms. The van der Waals surface area contributed by atoms with E-state index in [1.807, 2.05) is 0 Å². The lowest BCUT2D eigenvalue weighted by molar-refractivity contribution is 0.0520. The highest BCUT2D eigenvalue weighted by atomic mass is 32.1. The minimum Gasteiger partial charge on any atom is -0.461 e. The quantitative estimate of drug-likeness (QED) is 0.659. The van der Waals surface area contributed by atoms with E-state index in [2.05, 4.69) is 4.98 Å². The summed E-state index contributed by atoms with van der Waals surface area (Å²) in [6.07, 6.45) is 0. The van der Waals surface area contributed by atoms with Gasteiger partial charge < -0.3 is 9.72 Å². The number of H-pyrrole nitrogens is 1. The molecule has 0 aromatic carbocycles. The number of aromatic amines is 1. The molecule has 1 N–H and O–H groups in total. The van der Waals surface area contributed by atoms with E-state index in [1.54, 1.807) is 19.1 Å². The number of aromatic nitrogens is 1. The molecule has 0 bridgehead atoms. The number of thiophene rings is 1. The number of ether oxygens (including phenoxy) is 1. The summed E-state index contributed by atoms with van der Waals surface area (Å²) in [5.41, 5.74) is 1.23. The Bertz CT molecular complexity index is 521. The van der Waals surface area contributed by atoms with Gasteiger partial charge in [0.1, 0.15) is 5.69 Å². The fraction of sp³-hybridized carbons (Fsp3) is 0.273. The molecule has 0 unspecified atom stereocenters. The number of rotatable bonds is 3. The van der Waals surface area contributed by atoms with Gasteiger partial charge in [0.15, 0.2) is 5.78 Å². The highest BCUT2D eigenvalue weighted by Crippen LogP contribution is 2.26. The number of hydrogen-bond acceptors (Lipinski definition) is 4. The number of carbonyl (C=O) groups is 2. The van der Waals surface area contributed by atoms with Crippen molar-refractivity contribution in [1.29, 1.82) is 0 Å². The lowest BCUT2D eigenvalue weighted by Gasteiger charge is -1.96. The maximum absolute atomic E-state index is 11.4. The molecular weight excluding hydrogens is 226 g/mol. The van der Waals surface area contributed by atoms with E-state index in [0.717, 1.165) is 10.2 Å². The van der Waals surface area contributed by atoms with Crippen LogP contribution < -0.4 is 0 Å². The van der Waals surface area contributed by atoms with Crippen LogP contribution >= 0.6 is 11.3 Å². The third kappa shape index (κ3) is 1.86. The highest BCUT2D eigenvalue weighted by molar-refractivity contribution is 7.20. The summed E-state index contributed by atoms with van der Waals surface area (Å²) in [4.78, 5) is 26.2. The fourth-order valence-corrected chi connectivity index (χ4v) is 2.37. The maximum Gasteiger partial charge on any atom is 0.354 e. The summed E-state index contributed by atoms with van der Waals surface area (Å²) in [5, 5.41) is 0. The van der Waals surface area contributed by atoms with Gasteiger partial charge in [-0.1, -0.05) is 0 Å². The molecule has 0 aliphatic rings. The van der Waals surface area contributed by atoms with Crippen molar-refractivity contribution in [3.63, 3.8) is 0 Å². The number of Topliss-reactive ketones (excluding diaryl/α,β-unsaturated/α-hetero) is 1. The van der Waals surface area contributed by atoms with Crippen molar-refractivity contribution < 1.29 is 14.3 Å². The molecule has 0 radical (unpaired) electrons.